The predicted molar refractivity (Wildman–Crippen MR) is 64.5 cm³/mol. The summed E-state index contributed by atoms with van der Waals surface area (Å²) in [6.07, 6.45) is 3.75. The van der Waals surface area contributed by atoms with E-state index in [2.05, 4.69) is 32.6 Å². The SMILES string of the molecule is CCC(C)CN(CCN)C(CC)CC. The molecule has 1 unspecified atom stereocenters. The first-order valence-electron chi connectivity index (χ1n) is 6.13. The van der Waals surface area contributed by atoms with Crippen molar-refractivity contribution in [1.82, 2.24) is 4.90 Å². The minimum atomic E-state index is 0.729. The summed E-state index contributed by atoms with van der Waals surface area (Å²) in [4.78, 5) is 2.56. The van der Waals surface area contributed by atoms with Gasteiger partial charge in [0.1, 0.15) is 0 Å². The minimum Gasteiger partial charge on any atom is -0.329 e. The summed E-state index contributed by atoms with van der Waals surface area (Å²) in [7, 11) is 0. The van der Waals surface area contributed by atoms with E-state index in [-0.39, 0.29) is 0 Å². The van der Waals surface area contributed by atoms with Gasteiger partial charge in [-0.05, 0) is 18.8 Å². The molecule has 0 saturated heterocycles. The molecule has 0 aliphatic heterocycles. The average molecular weight is 200 g/mol. The molecule has 0 saturated carbocycles. The molecule has 0 bridgehead atoms. The van der Waals surface area contributed by atoms with E-state index in [1.54, 1.807) is 0 Å². The first kappa shape index (κ1) is 13.9. The molecule has 0 aliphatic rings. The highest BCUT2D eigenvalue weighted by molar-refractivity contribution is 4.71. The number of nitrogens with two attached hydrogens (primary N) is 1. The summed E-state index contributed by atoms with van der Waals surface area (Å²) in [5.74, 6) is 0.794. The van der Waals surface area contributed by atoms with Crippen LogP contribution in [0.15, 0.2) is 0 Å². The molecule has 2 N–H and O–H groups in total. The molecule has 0 amide bonds. The third-order valence-corrected chi connectivity index (χ3v) is 3.12. The molecule has 0 rings (SSSR count). The van der Waals surface area contributed by atoms with E-state index in [1.165, 1.54) is 25.8 Å². The van der Waals surface area contributed by atoms with E-state index < -0.39 is 0 Å². The maximum Gasteiger partial charge on any atom is 0.0108 e. The standard InChI is InChI=1S/C12H28N2/c1-5-11(4)10-14(9-8-13)12(6-2)7-3/h11-12H,5-10,13H2,1-4H3. The molecule has 86 valence electrons. The lowest BCUT2D eigenvalue weighted by molar-refractivity contribution is 0.165. The lowest BCUT2D eigenvalue weighted by Crippen LogP contribution is -2.40. The van der Waals surface area contributed by atoms with Crippen LogP contribution in [0.25, 0.3) is 0 Å². The highest BCUT2D eigenvalue weighted by Crippen LogP contribution is 2.12. The normalized spacial score (nSPS) is 13.9. The van der Waals surface area contributed by atoms with Crippen molar-refractivity contribution in [2.24, 2.45) is 11.7 Å². The van der Waals surface area contributed by atoms with Gasteiger partial charge in [0.2, 0.25) is 0 Å². The van der Waals surface area contributed by atoms with E-state index >= 15 is 0 Å². The third-order valence-electron chi connectivity index (χ3n) is 3.12. The zero-order valence-electron chi connectivity index (χ0n) is 10.4. The second-order valence-electron chi connectivity index (χ2n) is 4.27. The molecule has 0 aromatic rings. The predicted octanol–water partition coefficient (Wildman–Crippen LogP) is 2.48. The molecule has 0 fully saturated rings. The Kier molecular flexibility index (Phi) is 8.20. The van der Waals surface area contributed by atoms with Crippen LogP contribution in [0.5, 0.6) is 0 Å². The van der Waals surface area contributed by atoms with E-state index in [1.807, 2.05) is 0 Å². The minimum absolute atomic E-state index is 0.729. The van der Waals surface area contributed by atoms with Crippen LogP contribution in [-0.2, 0) is 0 Å². The highest BCUT2D eigenvalue weighted by Gasteiger charge is 2.15. The molecule has 0 aromatic heterocycles. The Morgan fingerprint density at radius 3 is 2.00 bits per heavy atom. The fourth-order valence-corrected chi connectivity index (χ4v) is 1.92. The molecular weight excluding hydrogens is 172 g/mol. The maximum atomic E-state index is 5.65. The van der Waals surface area contributed by atoms with Crippen LogP contribution in [0.4, 0.5) is 0 Å². The maximum absolute atomic E-state index is 5.65. The second kappa shape index (κ2) is 8.25. The molecular formula is C12H28N2. The van der Waals surface area contributed by atoms with Crippen molar-refractivity contribution in [3.8, 4) is 0 Å². The molecule has 2 nitrogen and oxygen atoms in total. The summed E-state index contributed by atoms with van der Waals surface area (Å²) in [5.41, 5.74) is 5.65. The van der Waals surface area contributed by atoms with Crippen molar-refractivity contribution in [2.75, 3.05) is 19.6 Å². The molecule has 0 radical (unpaired) electrons. The first-order valence-corrected chi connectivity index (χ1v) is 6.13. The van der Waals surface area contributed by atoms with Crippen molar-refractivity contribution >= 4 is 0 Å². The average Bonchev–Trinajstić information content (AvgIpc) is 2.19. The smallest absolute Gasteiger partial charge is 0.0108 e. The van der Waals surface area contributed by atoms with E-state index in [0.717, 1.165) is 25.0 Å². The van der Waals surface area contributed by atoms with Gasteiger partial charge in [-0.25, -0.2) is 0 Å². The van der Waals surface area contributed by atoms with Crippen LogP contribution in [0.2, 0.25) is 0 Å². The monoisotopic (exact) mass is 200 g/mol. The molecule has 0 heterocycles. The number of nitrogens with zero attached hydrogens (tertiary/aromatic N) is 1. The van der Waals surface area contributed by atoms with E-state index in [0.29, 0.717) is 0 Å². The van der Waals surface area contributed by atoms with Gasteiger partial charge in [-0.3, -0.25) is 4.90 Å². The van der Waals surface area contributed by atoms with Crippen molar-refractivity contribution in [3.05, 3.63) is 0 Å². The van der Waals surface area contributed by atoms with Gasteiger partial charge < -0.3 is 5.73 Å². The number of hydrogen-bond donors (Lipinski definition) is 1. The number of hydrogen-bond acceptors (Lipinski definition) is 2. The molecule has 2 heteroatoms. The molecule has 0 aromatic carbocycles. The van der Waals surface area contributed by atoms with Crippen LogP contribution < -0.4 is 5.73 Å². The van der Waals surface area contributed by atoms with Crippen LogP contribution in [0.3, 0.4) is 0 Å². The van der Waals surface area contributed by atoms with E-state index in [4.69, 9.17) is 5.73 Å². The Balaban J connectivity index is 4.10. The van der Waals surface area contributed by atoms with Gasteiger partial charge >= 0.3 is 0 Å². The first-order chi connectivity index (χ1) is 6.69. The van der Waals surface area contributed by atoms with E-state index in [9.17, 15) is 0 Å². The zero-order valence-corrected chi connectivity index (χ0v) is 10.4. The van der Waals surface area contributed by atoms with Gasteiger partial charge in [0.25, 0.3) is 0 Å². The van der Waals surface area contributed by atoms with Gasteiger partial charge in [-0.15, -0.1) is 0 Å². The summed E-state index contributed by atoms with van der Waals surface area (Å²) >= 11 is 0. The van der Waals surface area contributed by atoms with Crippen LogP contribution in [0, 0.1) is 5.92 Å². The molecule has 14 heavy (non-hydrogen) atoms. The quantitative estimate of drug-likeness (QED) is 0.652. The van der Waals surface area contributed by atoms with Gasteiger partial charge in [-0.2, -0.15) is 0 Å². The van der Waals surface area contributed by atoms with Crippen LogP contribution in [-0.4, -0.2) is 30.6 Å². The van der Waals surface area contributed by atoms with Gasteiger partial charge in [0.15, 0.2) is 0 Å². The van der Waals surface area contributed by atoms with Gasteiger partial charge in [-0.1, -0.05) is 34.1 Å². The van der Waals surface area contributed by atoms with Crippen molar-refractivity contribution < 1.29 is 0 Å². The topological polar surface area (TPSA) is 29.3 Å². The Morgan fingerprint density at radius 1 is 1.07 bits per heavy atom. The highest BCUT2D eigenvalue weighted by atomic mass is 15.2. The van der Waals surface area contributed by atoms with Crippen molar-refractivity contribution in [1.29, 1.82) is 0 Å². The van der Waals surface area contributed by atoms with Gasteiger partial charge in [0.05, 0.1) is 0 Å². The lowest BCUT2D eigenvalue weighted by atomic mass is 10.0. The Labute approximate surface area is 89.9 Å². The third kappa shape index (κ3) is 4.97. The second-order valence-corrected chi connectivity index (χ2v) is 4.27. The summed E-state index contributed by atoms with van der Waals surface area (Å²) in [5, 5.41) is 0. The summed E-state index contributed by atoms with van der Waals surface area (Å²) < 4.78 is 0. The lowest BCUT2D eigenvalue weighted by Gasteiger charge is -2.32. The zero-order chi connectivity index (χ0) is 11.0. The molecule has 0 aliphatic carbocycles. The Hall–Kier alpha value is -0.0800. The summed E-state index contributed by atoms with van der Waals surface area (Å²) in [6.45, 7) is 12.2. The fraction of sp³-hybridized carbons (Fsp3) is 1.00. The van der Waals surface area contributed by atoms with Crippen LogP contribution >= 0.6 is 0 Å². The Morgan fingerprint density at radius 2 is 1.64 bits per heavy atom. The molecule has 1 atom stereocenters. The largest absolute Gasteiger partial charge is 0.329 e. The van der Waals surface area contributed by atoms with Crippen molar-refractivity contribution in [3.63, 3.8) is 0 Å². The van der Waals surface area contributed by atoms with Gasteiger partial charge in [0, 0.05) is 25.7 Å². The van der Waals surface area contributed by atoms with Crippen molar-refractivity contribution in [2.45, 2.75) is 53.0 Å². The molecule has 0 spiro atoms. The Bertz CT molecular complexity index is 121. The summed E-state index contributed by atoms with van der Waals surface area (Å²) in [6, 6.07) is 0.729. The van der Waals surface area contributed by atoms with Crippen LogP contribution in [0.1, 0.15) is 47.0 Å². The number of rotatable bonds is 8. The fourth-order valence-electron chi connectivity index (χ4n) is 1.92.